The molecule has 3 amide bonds. The van der Waals surface area contributed by atoms with Gasteiger partial charge < -0.3 is 26.4 Å². The molecule has 0 aliphatic heterocycles. The van der Waals surface area contributed by atoms with Crippen LogP contribution in [-0.4, -0.2) is 24.0 Å². The third-order valence-electron chi connectivity index (χ3n) is 5.14. The van der Waals surface area contributed by atoms with Crippen LogP contribution >= 0.6 is 11.6 Å². The van der Waals surface area contributed by atoms with E-state index >= 15 is 0 Å². The number of nitrogens with zero attached hydrogens (tertiary/aromatic N) is 1. The maximum Gasteiger partial charge on any atom is 0.417 e. The number of nitrogens with one attached hydrogen (secondary N) is 3. The number of nitrogens with two attached hydrogens (primary N) is 1. The monoisotopic (exact) mass is 529 g/mol. The SMILES string of the molecule is CNC(=O)c1cc2ccc(N)cc2c(Oc2ccc(NC(=O)Nc3ccc(Cl)c(C(F)(F)F)c3)cc2)n1. The van der Waals surface area contributed by atoms with E-state index in [2.05, 4.69) is 20.9 Å². The summed E-state index contributed by atoms with van der Waals surface area (Å²) in [7, 11) is 1.49. The van der Waals surface area contributed by atoms with E-state index in [1.165, 1.54) is 25.2 Å². The number of aromatic nitrogens is 1. The van der Waals surface area contributed by atoms with Gasteiger partial charge in [-0.3, -0.25) is 4.79 Å². The lowest BCUT2D eigenvalue weighted by molar-refractivity contribution is -0.137. The lowest BCUT2D eigenvalue weighted by Crippen LogP contribution is -2.20. The first-order valence-electron chi connectivity index (χ1n) is 10.7. The van der Waals surface area contributed by atoms with Crippen LogP contribution in [0.1, 0.15) is 16.1 Å². The molecule has 0 aliphatic carbocycles. The summed E-state index contributed by atoms with van der Waals surface area (Å²) in [5, 5.41) is 8.18. The van der Waals surface area contributed by atoms with Crippen LogP contribution in [0.2, 0.25) is 5.02 Å². The normalized spacial score (nSPS) is 11.2. The second kappa shape index (κ2) is 10.2. The zero-order valence-electron chi connectivity index (χ0n) is 19.1. The number of hydrogen-bond donors (Lipinski definition) is 4. The van der Waals surface area contributed by atoms with Crippen LogP contribution in [0, 0.1) is 0 Å². The molecule has 1 heterocycles. The molecule has 4 rings (SSSR count). The average Bonchev–Trinajstić information content (AvgIpc) is 2.85. The van der Waals surface area contributed by atoms with E-state index in [0.717, 1.165) is 12.1 Å². The molecule has 0 saturated heterocycles. The van der Waals surface area contributed by atoms with Crippen LogP contribution in [0.3, 0.4) is 0 Å². The van der Waals surface area contributed by atoms with Gasteiger partial charge in [0.05, 0.1) is 10.6 Å². The minimum absolute atomic E-state index is 0.0811. The molecule has 190 valence electrons. The van der Waals surface area contributed by atoms with Gasteiger partial charge in [0.25, 0.3) is 5.91 Å². The van der Waals surface area contributed by atoms with Gasteiger partial charge in [0.1, 0.15) is 11.4 Å². The quantitative estimate of drug-likeness (QED) is 0.227. The highest BCUT2D eigenvalue weighted by Gasteiger charge is 2.33. The summed E-state index contributed by atoms with van der Waals surface area (Å²) in [5.41, 5.74) is 5.74. The molecule has 5 N–H and O–H groups in total. The number of halogens is 4. The predicted octanol–water partition coefficient (Wildman–Crippen LogP) is 6.29. The molecule has 0 aliphatic rings. The van der Waals surface area contributed by atoms with Crippen LogP contribution in [0.25, 0.3) is 10.8 Å². The molecule has 12 heteroatoms. The van der Waals surface area contributed by atoms with Crippen LogP contribution in [0.5, 0.6) is 11.6 Å². The summed E-state index contributed by atoms with van der Waals surface area (Å²) in [6.07, 6.45) is -4.66. The van der Waals surface area contributed by atoms with Crippen molar-refractivity contribution in [2.45, 2.75) is 6.18 Å². The number of hydrogen-bond acceptors (Lipinski definition) is 5. The fourth-order valence-electron chi connectivity index (χ4n) is 3.39. The molecule has 4 aromatic rings. The molecule has 0 fully saturated rings. The third kappa shape index (κ3) is 6.01. The number of carbonyl (C=O) groups excluding carboxylic acids is 2. The molecule has 8 nitrogen and oxygen atoms in total. The van der Waals surface area contributed by atoms with Gasteiger partial charge in [-0.1, -0.05) is 17.7 Å². The molecule has 37 heavy (non-hydrogen) atoms. The van der Waals surface area contributed by atoms with Crippen molar-refractivity contribution < 1.29 is 27.5 Å². The largest absolute Gasteiger partial charge is 0.438 e. The molecule has 3 aromatic carbocycles. The topological polar surface area (TPSA) is 118 Å². The summed E-state index contributed by atoms with van der Waals surface area (Å²) in [4.78, 5) is 28.7. The summed E-state index contributed by atoms with van der Waals surface area (Å²) in [6.45, 7) is 0. The molecular weight excluding hydrogens is 511 g/mol. The van der Waals surface area contributed by atoms with Crippen molar-refractivity contribution in [3.05, 3.63) is 83.0 Å². The van der Waals surface area contributed by atoms with Crippen molar-refractivity contribution in [3.8, 4) is 11.6 Å². The fraction of sp³-hybridized carbons (Fsp3) is 0.0800. The number of nitrogen functional groups attached to an aromatic ring is 1. The van der Waals surface area contributed by atoms with Crippen LogP contribution in [0.15, 0.2) is 66.7 Å². The summed E-state index contributed by atoms with van der Waals surface area (Å²) in [5.74, 6) is 0.117. The maximum atomic E-state index is 13.0. The summed E-state index contributed by atoms with van der Waals surface area (Å²) < 4.78 is 45.0. The van der Waals surface area contributed by atoms with Gasteiger partial charge in [0.2, 0.25) is 5.88 Å². The van der Waals surface area contributed by atoms with Crippen LogP contribution < -0.4 is 26.4 Å². The standard InChI is InChI=1S/C25H19ClF3N5O3/c1-31-22(35)21-10-13-2-3-14(30)11-18(13)23(34-21)37-17-7-4-15(5-8-17)32-24(36)33-16-6-9-20(26)19(12-16)25(27,28)29/h2-12H,30H2,1H3,(H,31,35)(H2,32,33,36). The highest BCUT2D eigenvalue weighted by molar-refractivity contribution is 6.31. The number of alkyl halides is 3. The fourth-order valence-corrected chi connectivity index (χ4v) is 3.61. The van der Waals surface area contributed by atoms with Crippen molar-refractivity contribution in [2.24, 2.45) is 0 Å². The number of urea groups is 1. The number of pyridine rings is 1. The molecule has 0 spiro atoms. The minimum atomic E-state index is -4.66. The van der Waals surface area contributed by atoms with Crippen molar-refractivity contribution in [1.82, 2.24) is 10.3 Å². The summed E-state index contributed by atoms with van der Waals surface area (Å²) >= 11 is 5.60. The van der Waals surface area contributed by atoms with Gasteiger partial charge in [-0.15, -0.1) is 0 Å². The maximum absolute atomic E-state index is 13.0. The van der Waals surface area contributed by atoms with Crippen molar-refractivity contribution in [3.63, 3.8) is 0 Å². The first-order valence-corrected chi connectivity index (χ1v) is 11.1. The number of fused-ring (bicyclic) bond motifs is 1. The van der Waals surface area contributed by atoms with Gasteiger partial charge in [-0.25, -0.2) is 9.78 Å². The molecule has 0 radical (unpaired) electrons. The molecule has 0 bridgehead atoms. The number of amides is 3. The van der Waals surface area contributed by atoms with Crippen LogP contribution in [-0.2, 0) is 6.18 Å². The zero-order valence-corrected chi connectivity index (χ0v) is 19.9. The third-order valence-corrected chi connectivity index (χ3v) is 5.47. The lowest BCUT2D eigenvalue weighted by atomic mass is 10.1. The number of ether oxygens (including phenoxy) is 1. The Balaban J connectivity index is 1.49. The molecular formula is C25H19ClF3N5O3. The number of carbonyl (C=O) groups is 2. The van der Waals surface area contributed by atoms with Crippen molar-refractivity contribution in [1.29, 1.82) is 0 Å². The molecule has 0 saturated carbocycles. The highest BCUT2D eigenvalue weighted by Crippen LogP contribution is 2.36. The van der Waals surface area contributed by atoms with E-state index in [1.54, 1.807) is 36.4 Å². The Hall–Kier alpha value is -4.51. The van der Waals surface area contributed by atoms with Gasteiger partial charge in [-0.2, -0.15) is 13.2 Å². The molecule has 0 unspecified atom stereocenters. The van der Waals surface area contributed by atoms with E-state index in [1.807, 2.05) is 0 Å². The van der Waals surface area contributed by atoms with Gasteiger partial charge >= 0.3 is 12.2 Å². The Bertz CT molecular complexity index is 1490. The Labute approximate surface area is 213 Å². The first-order chi connectivity index (χ1) is 17.5. The first kappa shape index (κ1) is 25.6. The van der Waals surface area contributed by atoms with Gasteiger partial charge in [0.15, 0.2) is 0 Å². The van der Waals surface area contributed by atoms with E-state index in [-0.39, 0.29) is 17.3 Å². The minimum Gasteiger partial charge on any atom is -0.438 e. The number of anilines is 3. The van der Waals surface area contributed by atoms with E-state index < -0.39 is 28.7 Å². The number of benzene rings is 3. The molecule has 1 aromatic heterocycles. The lowest BCUT2D eigenvalue weighted by Gasteiger charge is -2.13. The Morgan fingerprint density at radius 3 is 2.30 bits per heavy atom. The smallest absolute Gasteiger partial charge is 0.417 e. The van der Waals surface area contributed by atoms with E-state index in [9.17, 15) is 22.8 Å². The summed E-state index contributed by atoms with van der Waals surface area (Å²) in [6, 6.07) is 15.2. The predicted molar refractivity (Wildman–Crippen MR) is 135 cm³/mol. The zero-order chi connectivity index (χ0) is 26.7. The Morgan fingerprint density at radius 1 is 0.946 bits per heavy atom. The van der Waals surface area contributed by atoms with E-state index in [4.69, 9.17) is 22.1 Å². The second-order valence-corrected chi connectivity index (χ2v) is 8.18. The number of rotatable bonds is 5. The Kier molecular flexibility index (Phi) is 7.07. The highest BCUT2D eigenvalue weighted by atomic mass is 35.5. The Morgan fingerprint density at radius 2 is 1.62 bits per heavy atom. The second-order valence-electron chi connectivity index (χ2n) is 7.77. The van der Waals surface area contributed by atoms with Crippen LogP contribution in [0.4, 0.5) is 35.0 Å². The van der Waals surface area contributed by atoms with Gasteiger partial charge in [0, 0.05) is 29.5 Å². The molecule has 0 atom stereocenters. The van der Waals surface area contributed by atoms with Crippen molar-refractivity contribution in [2.75, 3.05) is 23.4 Å². The average molecular weight is 530 g/mol. The van der Waals surface area contributed by atoms with E-state index in [0.29, 0.717) is 27.9 Å². The van der Waals surface area contributed by atoms with Crippen molar-refractivity contribution >= 4 is 51.4 Å². The van der Waals surface area contributed by atoms with Gasteiger partial charge in [-0.05, 0) is 66.0 Å².